The van der Waals surface area contributed by atoms with Crippen molar-refractivity contribution < 1.29 is 9.59 Å². The second-order valence-corrected chi connectivity index (χ2v) is 11.1. The number of fused-ring (bicyclic) bond motifs is 6. The third-order valence-corrected chi connectivity index (χ3v) is 9.85. The van der Waals surface area contributed by atoms with E-state index in [0.717, 1.165) is 25.7 Å². The fraction of sp³-hybridized carbons (Fsp3) is 0.769. The van der Waals surface area contributed by atoms with E-state index in [-0.39, 0.29) is 23.7 Å². The first kappa shape index (κ1) is 18.8. The molecule has 5 saturated carbocycles. The van der Waals surface area contributed by atoms with E-state index in [2.05, 4.69) is 27.0 Å². The van der Waals surface area contributed by atoms with Crippen LogP contribution in [0.3, 0.4) is 0 Å². The Labute approximate surface area is 170 Å². The summed E-state index contributed by atoms with van der Waals surface area (Å²) < 4.78 is 0. The molecule has 0 aliphatic heterocycles. The molecule has 10 atom stereocenters. The van der Waals surface area contributed by atoms with Gasteiger partial charge in [0, 0.05) is 23.7 Å². The molecule has 2 heteroatoms. The van der Waals surface area contributed by atoms with Gasteiger partial charge in [0.05, 0.1) is 0 Å². The summed E-state index contributed by atoms with van der Waals surface area (Å²) in [6, 6.07) is 0. The van der Waals surface area contributed by atoms with E-state index < -0.39 is 0 Å². The van der Waals surface area contributed by atoms with Crippen molar-refractivity contribution in [1.82, 2.24) is 0 Å². The molecule has 5 fully saturated rings. The maximum absolute atomic E-state index is 13.4. The summed E-state index contributed by atoms with van der Waals surface area (Å²) in [5.74, 6) is 5.30. The summed E-state index contributed by atoms with van der Waals surface area (Å²) in [5.41, 5.74) is 2.51. The van der Waals surface area contributed by atoms with Gasteiger partial charge in [0.15, 0.2) is 0 Å². The predicted octanol–water partition coefficient (Wildman–Crippen LogP) is 5.63. The Bertz CT molecular complexity index is 671. The Balaban J connectivity index is 1.36. The molecule has 28 heavy (non-hydrogen) atoms. The number of Topliss-reactive ketones (excluding diaryl/α,β-unsaturated/α-hetero) is 2. The molecule has 10 unspecified atom stereocenters. The molecule has 0 N–H and O–H groups in total. The lowest BCUT2D eigenvalue weighted by atomic mass is 9.64. The molecule has 0 aromatic rings. The van der Waals surface area contributed by atoms with Crippen LogP contribution < -0.4 is 0 Å². The van der Waals surface area contributed by atoms with E-state index in [0.29, 0.717) is 47.1 Å². The molecule has 152 valence electrons. The lowest BCUT2D eigenvalue weighted by molar-refractivity contribution is -0.129. The predicted molar refractivity (Wildman–Crippen MR) is 111 cm³/mol. The number of carbonyl (C=O) groups is 2. The van der Waals surface area contributed by atoms with Crippen LogP contribution in [-0.2, 0) is 9.59 Å². The van der Waals surface area contributed by atoms with Crippen LogP contribution >= 0.6 is 0 Å². The van der Waals surface area contributed by atoms with Crippen LogP contribution in [0.4, 0.5) is 0 Å². The first-order valence-corrected chi connectivity index (χ1v) is 11.7. The Morgan fingerprint density at radius 2 is 0.964 bits per heavy atom. The van der Waals surface area contributed by atoms with Gasteiger partial charge in [-0.2, -0.15) is 0 Å². The minimum Gasteiger partial charge on any atom is -0.299 e. The average molecular weight is 381 g/mol. The zero-order valence-electron chi connectivity index (χ0n) is 17.7. The van der Waals surface area contributed by atoms with Gasteiger partial charge in [-0.1, -0.05) is 24.3 Å². The standard InChI is InChI=1S/C26H36O2/c1-13(2)15-5-7-17-19-11-24-20(12-23(19)25(27)21(17)9-15)18-8-6-16(14(3)4)10-22(18)26(24)28/h15-24H,1,3,5-12H2,2,4H3. The van der Waals surface area contributed by atoms with Gasteiger partial charge in [-0.25, -0.2) is 0 Å². The molecule has 0 amide bonds. The molecule has 0 aromatic carbocycles. The van der Waals surface area contributed by atoms with Crippen LogP contribution in [0.1, 0.15) is 65.2 Å². The zero-order valence-corrected chi connectivity index (χ0v) is 17.7. The Kier molecular flexibility index (Phi) is 4.49. The van der Waals surface area contributed by atoms with Crippen LogP contribution in [0.25, 0.3) is 0 Å². The molecular weight excluding hydrogens is 344 g/mol. The normalized spacial score (nSPS) is 49.8. The highest BCUT2D eigenvalue weighted by Gasteiger charge is 2.61. The zero-order chi connectivity index (χ0) is 19.7. The summed E-state index contributed by atoms with van der Waals surface area (Å²) in [6.07, 6.45) is 8.83. The van der Waals surface area contributed by atoms with Crippen LogP contribution in [-0.4, -0.2) is 11.6 Å². The molecule has 0 aromatic heterocycles. The second-order valence-electron chi connectivity index (χ2n) is 11.1. The van der Waals surface area contributed by atoms with E-state index in [4.69, 9.17) is 0 Å². The molecule has 5 aliphatic rings. The minimum absolute atomic E-state index is 0.255. The number of ketones is 2. The second kappa shape index (κ2) is 6.67. The van der Waals surface area contributed by atoms with Crippen molar-refractivity contribution >= 4 is 11.6 Å². The van der Waals surface area contributed by atoms with Gasteiger partial charge in [-0.15, -0.1) is 0 Å². The fourth-order valence-corrected chi connectivity index (χ4v) is 8.38. The van der Waals surface area contributed by atoms with Crippen LogP contribution in [0, 0.1) is 59.2 Å². The number of rotatable bonds is 2. The van der Waals surface area contributed by atoms with Crippen molar-refractivity contribution in [3.05, 3.63) is 24.3 Å². The van der Waals surface area contributed by atoms with E-state index in [1.807, 2.05) is 0 Å². The van der Waals surface area contributed by atoms with Crippen LogP contribution in [0.5, 0.6) is 0 Å². The van der Waals surface area contributed by atoms with Crippen molar-refractivity contribution in [2.24, 2.45) is 59.2 Å². The number of hydrogen-bond donors (Lipinski definition) is 0. The highest BCUT2D eigenvalue weighted by Crippen LogP contribution is 2.61. The van der Waals surface area contributed by atoms with Gasteiger partial charge in [0.25, 0.3) is 0 Å². The molecular formula is C26H36O2. The number of hydrogen-bond acceptors (Lipinski definition) is 2. The van der Waals surface area contributed by atoms with E-state index in [1.54, 1.807) is 0 Å². The van der Waals surface area contributed by atoms with E-state index >= 15 is 0 Å². The third kappa shape index (κ3) is 2.66. The van der Waals surface area contributed by atoms with Gasteiger partial charge in [-0.3, -0.25) is 9.59 Å². The highest BCUT2D eigenvalue weighted by molar-refractivity contribution is 5.90. The average Bonchev–Trinajstić information content (AvgIpc) is 3.12. The Morgan fingerprint density at radius 1 is 0.607 bits per heavy atom. The highest BCUT2D eigenvalue weighted by atomic mass is 16.1. The summed E-state index contributed by atoms with van der Waals surface area (Å²) in [5, 5.41) is 0. The van der Waals surface area contributed by atoms with Gasteiger partial charge >= 0.3 is 0 Å². The lowest BCUT2D eigenvalue weighted by Gasteiger charge is -2.40. The quantitative estimate of drug-likeness (QED) is 0.582. The van der Waals surface area contributed by atoms with E-state index in [1.165, 1.54) is 36.8 Å². The SMILES string of the molecule is C=C(C)C1CCC2C(C1)C(=O)C1CC3C(CC12)C(=O)C1CC(C(=C)C)CCC13. The monoisotopic (exact) mass is 380 g/mol. The third-order valence-electron chi connectivity index (χ3n) is 9.85. The fourth-order valence-electron chi connectivity index (χ4n) is 8.38. The van der Waals surface area contributed by atoms with Crippen molar-refractivity contribution in [2.45, 2.75) is 65.2 Å². The lowest BCUT2D eigenvalue weighted by Crippen LogP contribution is -2.35. The molecule has 0 spiro atoms. The molecule has 0 heterocycles. The van der Waals surface area contributed by atoms with E-state index in [9.17, 15) is 9.59 Å². The molecule has 0 bridgehead atoms. The molecule has 0 saturated heterocycles. The number of carbonyl (C=O) groups excluding carboxylic acids is 2. The first-order valence-electron chi connectivity index (χ1n) is 11.7. The van der Waals surface area contributed by atoms with Gasteiger partial charge < -0.3 is 0 Å². The maximum Gasteiger partial charge on any atom is 0.139 e. The smallest absolute Gasteiger partial charge is 0.139 e. The Hall–Kier alpha value is -1.18. The van der Waals surface area contributed by atoms with Crippen molar-refractivity contribution in [3.8, 4) is 0 Å². The maximum atomic E-state index is 13.4. The van der Waals surface area contributed by atoms with Gasteiger partial charge in [0.2, 0.25) is 0 Å². The summed E-state index contributed by atoms with van der Waals surface area (Å²) >= 11 is 0. The Morgan fingerprint density at radius 3 is 1.32 bits per heavy atom. The summed E-state index contributed by atoms with van der Waals surface area (Å²) in [7, 11) is 0. The largest absolute Gasteiger partial charge is 0.299 e. The first-order chi connectivity index (χ1) is 13.4. The van der Waals surface area contributed by atoms with Gasteiger partial charge in [0.1, 0.15) is 11.6 Å². The summed E-state index contributed by atoms with van der Waals surface area (Å²) in [4.78, 5) is 26.8. The van der Waals surface area contributed by atoms with Crippen molar-refractivity contribution in [2.75, 3.05) is 0 Å². The van der Waals surface area contributed by atoms with Crippen molar-refractivity contribution in [1.29, 1.82) is 0 Å². The van der Waals surface area contributed by atoms with Crippen molar-refractivity contribution in [3.63, 3.8) is 0 Å². The summed E-state index contributed by atoms with van der Waals surface area (Å²) in [6.45, 7) is 12.6. The molecule has 0 radical (unpaired) electrons. The van der Waals surface area contributed by atoms with Gasteiger partial charge in [-0.05, 0) is 101 Å². The molecule has 2 nitrogen and oxygen atoms in total. The topological polar surface area (TPSA) is 34.1 Å². The van der Waals surface area contributed by atoms with Crippen LogP contribution in [0.15, 0.2) is 24.3 Å². The minimum atomic E-state index is 0.255. The molecule has 5 rings (SSSR count). The van der Waals surface area contributed by atoms with Crippen LogP contribution in [0.2, 0.25) is 0 Å². The molecule has 5 aliphatic carbocycles. The number of allylic oxidation sites excluding steroid dienone is 2.